The van der Waals surface area contributed by atoms with E-state index in [2.05, 4.69) is 20.8 Å². The first-order valence-corrected chi connectivity index (χ1v) is 6.57. The van der Waals surface area contributed by atoms with Gasteiger partial charge in [0.15, 0.2) is 0 Å². The van der Waals surface area contributed by atoms with Crippen LogP contribution in [-0.4, -0.2) is 46.4 Å². The van der Waals surface area contributed by atoms with Crippen molar-refractivity contribution in [2.24, 2.45) is 0 Å². The fraction of sp³-hybridized carbons (Fsp3) is 0.455. The molecular formula is C11H15N5O2S. The molecule has 0 aromatic carbocycles. The van der Waals surface area contributed by atoms with Crippen molar-refractivity contribution in [2.45, 2.75) is 13.8 Å². The molecule has 0 aliphatic heterocycles. The molecule has 2 aromatic rings. The summed E-state index contributed by atoms with van der Waals surface area (Å²) in [5.74, 6) is -0.135. The number of aryl methyl sites for hydroxylation is 1. The Morgan fingerprint density at radius 1 is 1.53 bits per heavy atom. The Balaban J connectivity index is 2.31. The van der Waals surface area contributed by atoms with Gasteiger partial charge < -0.3 is 10.1 Å². The smallest absolute Gasteiger partial charge is 0.254 e. The summed E-state index contributed by atoms with van der Waals surface area (Å²) in [4.78, 5) is 13.3. The third-order valence-electron chi connectivity index (χ3n) is 2.74. The first-order valence-electron chi connectivity index (χ1n) is 5.75. The number of rotatable bonds is 5. The van der Waals surface area contributed by atoms with Gasteiger partial charge in [-0.1, -0.05) is 0 Å². The van der Waals surface area contributed by atoms with Crippen molar-refractivity contribution in [3.8, 4) is 5.00 Å². The van der Waals surface area contributed by atoms with Crippen LogP contribution >= 0.6 is 11.3 Å². The maximum Gasteiger partial charge on any atom is 0.254 e. The number of nitrogens with zero attached hydrogens (tertiary/aromatic N) is 4. The molecule has 0 aliphatic carbocycles. The maximum atomic E-state index is 12.2. The molecule has 102 valence electrons. The number of methoxy groups -OCH3 is 1. The second kappa shape index (κ2) is 5.89. The Morgan fingerprint density at radius 2 is 2.32 bits per heavy atom. The molecule has 7 nitrogen and oxygen atoms in total. The average Bonchev–Trinajstić information content (AvgIpc) is 2.99. The van der Waals surface area contributed by atoms with Gasteiger partial charge in [0.2, 0.25) is 0 Å². The molecule has 0 fully saturated rings. The minimum atomic E-state index is -0.135. The number of hydrogen-bond donors (Lipinski definition) is 1. The molecule has 2 heterocycles. The van der Waals surface area contributed by atoms with Crippen LogP contribution in [-0.2, 0) is 4.74 Å². The number of ether oxygens (including phenoxy) is 1. The molecule has 19 heavy (non-hydrogen) atoms. The summed E-state index contributed by atoms with van der Waals surface area (Å²) in [6.07, 6.45) is 1.48. The van der Waals surface area contributed by atoms with Gasteiger partial charge in [0.1, 0.15) is 11.3 Å². The van der Waals surface area contributed by atoms with Gasteiger partial charge in [-0.05, 0) is 29.8 Å². The van der Waals surface area contributed by atoms with E-state index >= 15 is 0 Å². The Bertz CT molecular complexity index is 564. The van der Waals surface area contributed by atoms with Gasteiger partial charge in [-0.3, -0.25) is 4.79 Å². The normalized spacial score (nSPS) is 10.7. The number of aromatic nitrogens is 4. The second-order valence-corrected chi connectivity index (χ2v) is 5.17. The summed E-state index contributed by atoms with van der Waals surface area (Å²) >= 11 is 1.49. The number of thiophene rings is 1. The second-order valence-electron chi connectivity index (χ2n) is 3.97. The molecule has 0 saturated carbocycles. The van der Waals surface area contributed by atoms with Crippen molar-refractivity contribution >= 4 is 17.2 Å². The summed E-state index contributed by atoms with van der Waals surface area (Å²) < 4.78 is 6.43. The average molecular weight is 281 g/mol. The van der Waals surface area contributed by atoms with Crippen molar-refractivity contribution in [3.05, 3.63) is 22.3 Å². The lowest BCUT2D eigenvalue weighted by molar-refractivity contribution is 0.0937. The number of carbonyl (C=O) groups excluding carboxylic acids is 1. The Hall–Kier alpha value is -1.80. The predicted octanol–water partition coefficient (Wildman–Crippen LogP) is 0.717. The summed E-state index contributed by atoms with van der Waals surface area (Å²) in [7, 11) is 1.60. The fourth-order valence-corrected chi connectivity index (χ4v) is 2.72. The number of nitrogens with one attached hydrogen (secondary N) is 1. The Kier molecular flexibility index (Phi) is 4.23. The molecule has 2 aromatic heterocycles. The molecule has 8 heteroatoms. The molecule has 1 N–H and O–H groups in total. The molecule has 2 rings (SSSR count). The van der Waals surface area contributed by atoms with Gasteiger partial charge in [0.25, 0.3) is 5.91 Å². The highest BCUT2D eigenvalue weighted by molar-refractivity contribution is 7.15. The van der Waals surface area contributed by atoms with Crippen LogP contribution in [0.3, 0.4) is 0 Å². The van der Waals surface area contributed by atoms with Crippen molar-refractivity contribution in [3.63, 3.8) is 0 Å². The zero-order valence-corrected chi connectivity index (χ0v) is 11.8. The third kappa shape index (κ3) is 2.79. The van der Waals surface area contributed by atoms with Crippen molar-refractivity contribution < 1.29 is 9.53 Å². The topological polar surface area (TPSA) is 81.9 Å². The molecule has 1 amide bonds. The third-order valence-corrected chi connectivity index (χ3v) is 3.94. The van der Waals surface area contributed by atoms with E-state index in [1.54, 1.807) is 7.11 Å². The Labute approximate surface area is 114 Å². The van der Waals surface area contributed by atoms with E-state index in [-0.39, 0.29) is 5.91 Å². The van der Waals surface area contributed by atoms with Crippen LogP contribution in [0.4, 0.5) is 0 Å². The Morgan fingerprint density at radius 3 is 2.95 bits per heavy atom. The number of amides is 1. The lowest BCUT2D eigenvalue weighted by atomic mass is 10.1. The highest BCUT2D eigenvalue weighted by atomic mass is 32.1. The van der Waals surface area contributed by atoms with Crippen LogP contribution in [0.5, 0.6) is 0 Å². The lowest BCUT2D eigenvalue weighted by Gasteiger charge is -2.06. The maximum absolute atomic E-state index is 12.2. The van der Waals surface area contributed by atoms with Gasteiger partial charge in [0.05, 0.1) is 12.2 Å². The van der Waals surface area contributed by atoms with Crippen LogP contribution < -0.4 is 5.32 Å². The van der Waals surface area contributed by atoms with Crippen LogP contribution in [0.1, 0.15) is 20.8 Å². The monoisotopic (exact) mass is 281 g/mol. The van der Waals surface area contributed by atoms with E-state index < -0.39 is 0 Å². The van der Waals surface area contributed by atoms with Gasteiger partial charge in [0, 0.05) is 18.5 Å². The quantitative estimate of drug-likeness (QED) is 0.816. The van der Waals surface area contributed by atoms with Crippen LogP contribution in [0.25, 0.3) is 5.00 Å². The standard InChI is InChI=1S/C11H15N5O2S/c1-7-8(2)19-11(16-6-13-14-15-16)9(7)10(17)12-4-5-18-3/h6H,4-5H2,1-3H3,(H,12,17). The highest BCUT2D eigenvalue weighted by Crippen LogP contribution is 2.29. The minimum Gasteiger partial charge on any atom is -0.383 e. The predicted molar refractivity (Wildman–Crippen MR) is 70.7 cm³/mol. The largest absolute Gasteiger partial charge is 0.383 e. The van der Waals surface area contributed by atoms with E-state index in [0.29, 0.717) is 18.7 Å². The molecule has 0 atom stereocenters. The van der Waals surface area contributed by atoms with Gasteiger partial charge in [-0.15, -0.1) is 16.4 Å². The molecule has 0 unspecified atom stereocenters. The lowest BCUT2D eigenvalue weighted by Crippen LogP contribution is -2.28. The van der Waals surface area contributed by atoms with E-state index in [0.717, 1.165) is 15.4 Å². The number of hydrogen-bond acceptors (Lipinski definition) is 6. The first kappa shape index (κ1) is 13.6. The van der Waals surface area contributed by atoms with E-state index in [1.165, 1.54) is 22.3 Å². The molecule has 0 saturated heterocycles. The van der Waals surface area contributed by atoms with Crippen LogP contribution in [0.2, 0.25) is 0 Å². The SMILES string of the molecule is COCCNC(=O)c1c(-n2cnnn2)sc(C)c1C. The fourth-order valence-electron chi connectivity index (χ4n) is 1.65. The van der Waals surface area contributed by atoms with E-state index in [4.69, 9.17) is 4.74 Å². The summed E-state index contributed by atoms with van der Waals surface area (Å²) in [6.45, 7) is 4.84. The van der Waals surface area contributed by atoms with Crippen molar-refractivity contribution in [1.29, 1.82) is 0 Å². The number of tetrazole rings is 1. The molecular weight excluding hydrogens is 266 g/mol. The summed E-state index contributed by atoms with van der Waals surface area (Å²) in [5, 5.41) is 14.6. The summed E-state index contributed by atoms with van der Waals surface area (Å²) in [5.41, 5.74) is 1.57. The number of carbonyl (C=O) groups is 1. The zero-order valence-electron chi connectivity index (χ0n) is 11.0. The summed E-state index contributed by atoms with van der Waals surface area (Å²) in [6, 6.07) is 0. The highest BCUT2D eigenvalue weighted by Gasteiger charge is 2.21. The first-order chi connectivity index (χ1) is 9.15. The van der Waals surface area contributed by atoms with Crippen molar-refractivity contribution in [2.75, 3.05) is 20.3 Å². The molecule has 0 spiro atoms. The van der Waals surface area contributed by atoms with Crippen LogP contribution in [0, 0.1) is 13.8 Å². The minimum absolute atomic E-state index is 0.135. The van der Waals surface area contributed by atoms with Crippen molar-refractivity contribution in [1.82, 2.24) is 25.5 Å². The molecule has 0 bridgehead atoms. The van der Waals surface area contributed by atoms with E-state index in [1.807, 2.05) is 13.8 Å². The molecule has 0 aliphatic rings. The van der Waals surface area contributed by atoms with Crippen LogP contribution in [0.15, 0.2) is 6.33 Å². The molecule has 0 radical (unpaired) electrons. The van der Waals surface area contributed by atoms with Gasteiger partial charge in [-0.25, -0.2) is 0 Å². The van der Waals surface area contributed by atoms with E-state index in [9.17, 15) is 4.79 Å². The zero-order chi connectivity index (χ0) is 13.8. The van der Waals surface area contributed by atoms with Gasteiger partial charge >= 0.3 is 0 Å². The van der Waals surface area contributed by atoms with Gasteiger partial charge in [-0.2, -0.15) is 4.68 Å².